The highest BCUT2D eigenvalue weighted by Crippen LogP contribution is 2.45. The number of aliphatic hydroxyl groups is 1. The van der Waals surface area contributed by atoms with Gasteiger partial charge in [-0.05, 0) is 43.1 Å². The Morgan fingerprint density at radius 3 is 2.86 bits per heavy atom. The van der Waals surface area contributed by atoms with Crippen molar-refractivity contribution in [1.82, 2.24) is 4.98 Å². The lowest BCUT2D eigenvalue weighted by Crippen LogP contribution is -2.56. The molecule has 0 radical (unpaired) electrons. The highest BCUT2D eigenvalue weighted by molar-refractivity contribution is 5.91. The van der Waals surface area contributed by atoms with Gasteiger partial charge in [0.15, 0.2) is 0 Å². The van der Waals surface area contributed by atoms with E-state index in [9.17, 15) is 5.11 Å². The number of rotatable bonds is 2. The first-order chi connectivity index (χ1) is 10.8. The molecule has 2 saturated carbocycles. The van der Waals surface area contributed by atoms with Crippen molar-refractivity contribution in [2.45, 2.75) is 56.6 Å². The number of pyridine rings is 1. The van der Waals surface area contributed by atoms with Crippen LogP contribution >= 0.6 is 0 Å². The Bertz CT molecular complexity index is 664. The Labute approximate surface area is 131 Å². The molecule has 3 atom stereocenters. The van der Waals surface area contributed by atoms with Crippen molar-refractivity contribution in [1.29, 1.82) is 0 Å². The summed E-state index contributed by atoms with van der Waals surface area (Å²) in [5.41, 5.74) is -0.547. The number of hydrogen-bond donors (Lipinski definition) is 2. The van der Waals surface area contributed by atoms with Crippen LogP contribution in [0.25, 0.3) is 10.8 Å². The fourth-order valence-electron chi connectivity index (χ4n) is 4.52. The van der Waals surface area contributed by atoms with Gasteiger partial charge in [0, 0.05) is 11.6 Å². The molecule has 2 fully saturated rings. The van der Waals surface area contributed by atoms with Crippen LogP contribution < -0.4 is 5.32 Å². The third-order valence-electron chi connectivity index (χ3n) is 5.72. The molecule has 1 heterocycles. The third kappa shape index (κ3) is 2.28. The van der Waals surface area contributed by atoms with Gasteiger partial charge in [-0.2, -0.15) is 0 Å². The Balaban J connectivity index is 1.66. The molecule has 116 valence electrons. The van der Waals surface area contributed by atoms with Gasteiger partial charge in [-0.3, -0.25) is 0 Å². The van der Waals surface area contributed by atoms with Gasteiger partial charge in [-0.15, -0.1) is 0 Å². The predicted octanol–water partition coefficient (Wildman–Crippen LogP) is 4.12. The van der Waals surface area contributed by atoms with E-state index < -0.39 is 5.60 Å². The van der Waals surface area contributed by atoms with Gasteiger partial charge in [-0.1, -0.05) is 43.5 Å². The van der Waals surface area contributed by atoms with E-state index in [0.29, 0.717) is 5.92 Å². The van der Waals surface area contributed by atoms with Crippen LogP contribution in [0.2, 0.25) is 0 Å². The average molecular weight is 296 g/mol. The summed E-state index contributed by atoms with van der Waals surface area (Å²) in [4.78, 5) is 4.55. The van der Waals surface area contributed by atoms with Crippen LogP contribution in [0.4, 0.5) is 5.82 Å². The second-order valence-corrected chi connectivity index (χ2v) is 6.94. The molecular formula is C19H24N2O. The first-order valence-electron chi connectivity index (χ1n) is 8.60. The zero-order valence-electron chi connectivity index (χ0n) is 13.0. The molecule has 0 bridgehead atoms. The van der Waals surface area contributed by atoms with E-state index in [1.54, 1.807) is 0 Å². The highest BCUT2D eigenvalue weighted by Gasteiger charge is 2.47. The molecular weight excluding hydrogens is 272 g/mol. The molecule has 2 aliphatic carbocycles. The van der Waals surface area contributed by atoms with Gasteiger partial charge >= 0.3 is 0 Å². The molecule has 2 aliphatic rings. The number of hydrogen-bond acceptors (Lipinski definition) is 3. The van der Waals surface area contributed by atoms with Crippen LogP contribution in [0.5, 0.6) is 0 Å². The van der Waals surface area contributed by atoms with E-state index in [2.05, 4.69) is 28.5 Å². The molecule has 0 saturated heterocycles. The van der Waals surface area contributed by atoms with E-state index in [1.807, 2.05) is 18.3 Å². The Hall–Kier alpha value is -1.61. The summed E-state index contributed by atoms with van der Waals surface area (Å²) in [5.74, 6) is 1.38. The first kappa shape index (κ1) is 14.0. The molecule has 4 rings (SSSR count). The number of nitrogens with zero attached hydrogens (tertiary/aromatic N) is 1. The molecule has 0 aliphatic heterocycles. The number of anilines is 1. The van der Waals surface area contributed by atoms with Crippen molar-refractivity contribution < 1.29 is 5.11 Å². The maximum Gasteiger partial charge on any atom is 0.134 e. The number of aromatic nitrogens is 1. The smallest absolute Gasteiger partial charge is 0.134 e. The lowest BCUT2D eigenvalue weighted by atomic mass is 9.65. The van der Waals surface area contributed by atoms with Crippen LogP contribution in [-0.2, 0) is 0 Å². The zero-order valence-corrected chi connectivity index (χ0v) is 13.0. The second kappa shape index (κ2) is 5.54. The molecule has 0 spiro atoms. The van der Waals surface area contributed by atoms with Gasteiger partial charge in [0.25, 0.3) is 0 Å². The number of benzene rings is 1. The highest BCUT2D eigenvalue weighted by atomic mass is 16.3. The normalized spacial score (nSPS) is 31.7. The standard InChI is InChI=1S/C19H24N2O/c22-19-12-4-3-7-15(19)8-5-10-17(19)21-18-16-9-2-1-6-14(16)11-13-20-18/h1-2,6,9,11,13,15,17,22H,3-5,7-8,10,12H2,(H,20,21)/t15-,17+,19-/m1/s1. The van der Waals surface area contributed by atoms with Gasteiger partial charge < -0.3 is 10.4 Å². The molecule has 3 heteroatoms. The van der Waals surface area contributed by atoms with Crippen LogP contribution in [0, 0.1) is 5.92 Å². The molecule has 3 nitrogen and oxygen atoms in total. The lowest BCUT2D eigenvalue weighted by molar-refractivity contribution is -0.0835. The van der Waals surface area contributed by atoms with E-state index in [-0.39, 0.29) is 6.04 Å². The molecule has 0 unspecified atom stereocenters. The molecule has 22 heavy (non-hydrogen) atoms. The minimum Gasteiger partial charge on any atom is -0.387 e. The summed E-state index contributed by atoms with van der Waals surface area (Å²) in [6, 6.07) is 10.5. The minimum atomic E-state index is -0.547. The predicted molar refractivity (Wildman–Crippen MR) is 89.9 cm³/mol. The topological polar surface area (TPSA) is 45.1 Å². The Kier molecular flexibility index (Phi) is 3.53. The maximum atomic E-state index is 11.3. The van der Waals surface area contributed by atoms with Gasteiger partial charge in [0.05, 0.1) is 11.6 Å². The maximum absolute atomic E-state index is 11.3. The van der Waals surface area contributed by atoms with Gasteiger partial charge in [0.2, 0.25) is 0 Å². The van der Waals surface area contributed by atoms with Crippen molar-refractivity contribution in [3.8, 4) is 0 Å². The first-order valence-corrected chi connectivity index (χ1v) is 8.60. The summed E-state index contributed by atoms with van der Waals surface area (Å²) in [6.07, 6.45) is 9.80. The monoisotopic (exact) mass is 296 g/mol. The fourth-order valence-corrected chi connectivity index (χ4v) is 4.52. The Morgan fingerprint density at radius 1 is 1.05 bits per heavy atom. The van der Waals surface area contributed by atoms with Gasteiger partial charge in [-0.25, -0.2) is 4.98 Å². The van der Waals surface area contributed by atoms with Crippen molar-refractivity contribution >= 4 is 16.6 Å². The summed E-state index contributed by atoms with van der Waals surface area (Å²) >= 11 is 0. The van der Waals surface area contributed by atoms with E-state index in [1.165, 1.54) is 31.1 Å². The summed E-state index contributed by atoms with van der Waals surface area (Å²) in [5, 5.41) is 17.2. The summed E-state index contributed by atoms with van der Waals surface area (Å²) in [6.45, 7) is 0. The molecule has 1 aromatic heterocycles. The van der Waals surface area contributed by atoms with Crippen molar-refractivity contribution in [3.05, 3.63) is 36.5 Å². The summed E-state index contributed by atoms with van der Waals surface area (Å²) in [7, 11) is 0. The third-order valence-corrected chi connectivity index (χ3v) is 5.72. The molecule has 2 N–H and O–H groups in total. The van der Waals surface area contributed by atoms with Gasteiger partial charge in [0.1, 0.15) is 5.82 Å². The molecule has 1 aromatic carbocycles. The quantitative estimate of drug-likeness (QED) is 0.876. The van der Waals surface area contributed by atoms with Crippen molar-refractivity contribution in [3.63, 3.8) is 0 Å². The van der Waals surface area contributed by atoms with E-state index >= 15 is 0 Å². The summed E-state index contributed by atoms with van der Waals surface area (Å²) < 4.78 is 0. The second-order valence-electron chi connectivity index (χ2n) is 6.94. The molecule has 0 amide bonds. The van der Waals surface area contributed by atoms with E-state index in [4.69, 9.17) is 0 Å². The Morgan fingerprint density at radius 2 is 1.91 bits per heavy atom. The van der Waals surface area contributed by atoms with Crippen LogP contribution in [0.15, 0.2) is 36.5 Å². The van der Waals surface area contributed by atoms with Crippen LogP contribution in [-0.4, -0.2) is 21.7 Å². The van der Waals surface area contributed by atoms with Crippen molar-refractivity contribution in [2.75, 3.05) is 5.32 Å². The van der Waals surface area contributed by atoms with Crippen molar-refractivity contribution in [2.24, 2.45) is 5.92 Å². The SMILES string of the molecule is O[C@]12CCCC[C@@H]1CCC[C@@H]2Nc1nccc2ccccc12. The minimum absolute atomic E-state index is 0.129. The number of nitrogens with one attached hydrogen (secondary N) is 1. The van der Waals surface area contributed by atoms with Crippen LogP contribution in [0.1, 0.15) is 44.9 Å². The number of fused-ring (bicyclic) bond motifs is 2. The molecule has 2 aromatic rings. The lowest BCUT2D eigenvalue weighted by Gasteiger charge is -2.49. The largest absolute Gasteiger partial charge is 0.387 e. The average Bonchev–Trinajstić information content (AvgIpc) is 2.56. The van der Waals surface area contributed by atoms with Crippen LogP contribution in [0.3, 0.4) is 0 Å². The zero-order chi connectivity index (χ0) is 15.0. The fraction of sp³-hybridized carbons (Fsp3) is 0.526. The van der Waals surface area contributed by atoms with E-state index in [0.717, 1.165) is 30.5 Å².